The molecule has 9 heteroatoms. The largest absolute Gasteiger partial charge is 0.353 e. The van der Waals surface area contributed by atoms with Crippen LogP contribution in [0.15, 0.2) is 70.4 Å². The minimum atomic E-state index is -3.79. The zero-order valence-corrected chi connectivity index (χ0v) is 17.2. The molecule has 156 valence electrons. The molecule has 3 aromatic rings. The number of benzene rings is 2. The maximum absolute atomic E-state index is 13.6. The zero-order chi connectivity index (χ0) is 21.3. The van der Waals surface area contributed by atoms with Crippen molar-refractivity contribution in [2.75, 3.05) is 31.1 Å². The lowest BCUT2D eigenvalue weighted by Crippen LogP contribution is -2.49. The van der Waals surface area contributed by atoms with E-state index in [9.17, 15) is 17.6 Å². The summed E-state index contributed by atoms with van der Waals surface area (Å²) in [6, 6.07) is 16.0. The first-order valence-electron chi connectivity index (χ1n) is 9.53. The Kier molecular flexibility index (Phi) is 5.40. The molecule has 1 aliphatic rings. The molecule has 0 spiro atoms. The predicted octanol–water partition coefficient (Wildman–Crippen LogP) is 2.19. The van der Waals surface area contributed by atoms with Gasteiger partial charge in [-0.1, -0.05) is 24.3 Å². The molecule has 2 aromatic carbocycles. The van der Waals surface area contributed by atoms with Gasteiger partial charge in [0.25, 0.3) is 5.56 Å². The summed E-state index contributed by atoms with van der Waals surface area (Å²) in [5.74, 6) is 0.0163. The van der Waals surface area contributed by atoms with Crippen LogP contribution in [0, 0.1) is 12.7 Å². The highest BCUT2D eigenvalue weighted by Gasteiger charge is 2.30. The number of piperazine rings is 1. The lowest BCUT2D eigenvalue weighted by atomic mass is 10.2. The van der Waals surface area contributed by atoms with Crippen LogP contribution in [0.1, 0.15) is 5.56 Å². The van der Waals surface area contributed by atoms with E-state index in [1.54, 1.807) is 25.1 Å². The topological polar surface area (TPSA) is 75.5 Å². The quantitative estimate of drug-likeness (QED) is 0.637. The Morgan fingerprint density at radius 1 is 0.933 bits per heavy atom. The van der Waals surface area contributed by atoms with Crippen molar-refractivity contribution < 1.29 is 12.8 Å². The summed E-state index contributed by atoms with van der Waals surface area (Å²) < 4.78 is 42.2. The number of anilines is 1. The van der Waals surface area contributed by atoms with E-state index in [2.05, 4.69) is 5.10 Å². The average Bonchev–Trinajstić information content (AvgIpc) is 2.76. The molecule has 0 N–H and O–H groups in total. The van der Waals surface area contributed by atoms with Gasteiger partial charge in [-0.2, -0.15) is 8.99 Å². The summed E-state index contributed by atoms with van der Waals surface area (Å²) in [5.41, 5.74) is 0.926. The van der Waals surface area contributed by atoms with Crippen molar-refractivity contribution in [1.29, 1.82) is 0 Å². The molecule has 1 aliphatic heterocycles. The smallest absolute Gasteiger partial charge is 0.271 e. The second-order valence-corrected chi connectivity index (χ2v) is 8.98. The molecule has 1 aromatic heterocycles. The number of para-hydroxylation sites is 1. The zero-order valence-electron chi connectivity index (χ0n) is 16.4. The molecule has 0 aliphatic carbocycles. The SMILES string of the molecule is Cc1ccc(F)cc1S(=O)(=O)N1CCN(c2ccc(=O)n(-c3ccccc3)n2)CC1. The molecule has 2 heterocycles. The molecular formula is C21H21FN4O3S. The van der Waals surface area contributed by atoms with Gasteiger partial charge in [-0.3, -0.25) is 4.79 Å². The van der Waals surface area contributed by atoms with E-state index in [1.807, 2.05) is 23.1 Å². The third-order valence-corrected chi connectivity index (χ3v) is 7.16. The van der Waals surface area contributed by atoms with E-state index < -0.39 is 15.8 Å². The number of sulfonamides is 1. The van der Waals surface area contributed by atoms with Gasteiger partial charge in [-0.25, -0.2) is 12.8 Å². The van der Waals surface area contributed by atoms with E-state index >= 15 is 0 Å². The van der Waals surface area contributed by atoms with Gasteiger partial charge in [-0.05, 0) is 42.8 Å². The summed E-state index contributed by atoms with van der Waals surface area (Å²) in [4.78, 5) is 14.1. The number of rotatable bonds is 4. The van der Waals surface area contributed by atoms with Crippen LogP contribution in [0.25, 0.3) is 5.69 Å². The molecular weight excluding hydrogens is 407 g/mol. The lowest BCUT2D eigenvalue weighted by molar-refractivity contribution is 0.382. The van der Waals surface area contributed by atoms with Gasteiger partial charge in [0.1, 0.15) is 11.6 Å². The normalized spacial score (nSPS) is 15.3. The van der Waals surface area contributed by atoms with E-state index in [-0.39, 0.29) is 23.5 Å². The van der Waals surface area contributed by atoms with Gasteiger partial charge in [0.15, 0.2) is 0 Å². The van der Waals surface area contributed by atoms with Gasteiger partial charge in [0.05, 0.1) is 10.6 Å². The van der Waals surface area contributed by atoms with Crippen molar-refractivity contribution in [3.63, 3.8) is 0 Å². The summed E-state index contributed by atoms with van der Waals surface area (Å²) in [7, 11) is -3.79. The first-order valence-corrected chi connectivity index (χ1v) is 11.0. The van der Waals surface area contributed by atoms with Crippen LogP contribution < -0.4 is 10.5 Å². The van der Waals surface area contributed by atoms with Crippen molar-refractivity contribution in [1.82, 2.24) is 14.1 Å². The van der Waals surface area contributed by atoms with Crippen molar-refractivity contribution >= 4 is 15.8 Å². The van der Waals surface area contributed by atoms with Crippen LogP contribution >= 0.6 is 0 Å². The number of aromatic nitrogens is 2. The fourth-order valence-electron chi connectivity index (χ4n) is 3.47. The minimum Gasteiger partial charge on any atom is -0.353 e. The van der Waals surface area contributed by atoms with Crippen molar-refractivity contribution in [3.05, 3.63) is 82.4 Å². The summed E-state index contributed by atoms with van der Waals surface area (Å²) >= 11 is 0. The molecule has 1 fully saturated rings. The highest BCUT2D eigenvalue weighted by Crippen LogP contribution is 2.23. The van der Waals surface area contributed by atoms with Crippen LogP contribution in [0.3, 0.4) is 0 Å². The van der Waals surface area contributed by atoms with Gasteiger partial charge >= 0.3 is 0 Å². The number of hydrogen-bond donors (Lipinski definition) is 0. The van der Waals surface area contributed by atoms with Crippen molar-refractivity contribution in [2.45, 2.75) is 11.8 Å². The molecule has 0 unspecified atom stereocenters. The summed E-state index contributed by atoms with van der Waals surface area (Å²) in [6.45, 7) is 2.95. The molecule has 0 bridgehead atoms. The van der Waals surface area contributed by atoms with Gasteiger partial charge in [0.2, 0.25) is 10.0 Å². The highest BCUT2D eigenvalue weighted by atomic mass is 32.2. The number of aryl methyl sites for hydroxylation is 1. The number of halogens is 1. The van der Waals surface area contributed by atoms with Crippen LogP contribution in [-0.4, -0.2) is 48.7 Å². The van der Waals surface area contributed by atoms with Crippen LogP contribution in [-0.2, 0) is 10.0 Å². The molecule has 7 nitrogen and oxygen atoms in total. The summed E-state index contributed by atoms with van der Waals surface area (Å²) in [5, 5.41) is 4.45. The van der Waals surface area contributed by atoms with Crippen LogP contribution in [0.5, 0.6) is 0 Å². The Balaban J connectivity index is 1.54. The van der Waals surface area contributed by atoms with Crippen LogP contribution in [0.2, 0.25) is 0 Å². The van der Waals surface area contributed by atoms with Gasteiger partial charge in [-0.15, -0.1) is 5.10 Å². The lowest BCUT2D eigenvalue weighted by Gasteiger charge is -2.34. The van der Waals surface area contributed by atoms with Gasteiger partial charge < -0.3 is 4.90 Å². The monoisotopic (exact) mass is 428 g/mol. The molecule has 0 amide bonds. The Hall–Kier alpha value is -3.04. The Bertz CT molecular complexity index is 1220. The Morgan fingerprint density at radius 3 is 2.33 bits per heavy atom. The molecule has 4 rings (SSSR count). The predicted molar refractivity (Wildman–Crippen MR) is 112 cm³/mol. The molecule has 0 saturated carbocycles. The Morgan fingerprint density at radius 2 is 1.63 bits per heavy atom. The fourth-order valence-corrected chi connectivity index (χ4v) is 5.13. The third kappa shape index (κ3) is 3.86. The number of nitrogens with zero attached hydrogens (tertiary/aromatic N) is 4. The van der Waals surface area contributed by atoms with E-state index in [4.69, 9.17) is 0 Å². The number of hydrogen-bond acceptors (Lipinski definition) is 5. The molecule has 1 saturated heterocycles. The molecule has 0 radical (unpaired) electrons. The summed E-state index contributed by atoms with van der Waals surface area (Å²) in [6.07, 6.45) is 0. The second-order valence-electron chi connectivity index (χ2n) is 7.08. The van der Waals surface area contributed by atoms with E-state index in [1.165, 1.54) is 27.2 Å². The maximum Gasteiger partial charge on any atom is 0.271 e. The first-order chi connectivity index (χ1) is 14.4. The third-order valence-electron chi connectivity index (χ3n) is 5.12. The van der Waals surface area contributed by atoms with Gasteiger partial charge in [0, 0.05) is 32.2 Å². The minimum absolute atomic E-state index is 0.00768. The second kappa shape index (κ2) is 8.00. The highest BCUT2D eigenvalue weighted by molar-refractivity contribution is 7.89. The Labute approximate surface area is 174 Å². The maximum atomic E-state index is 13.6. The fraction of sp³-hybridized carbons (Fsp3) is 0.238. The molecule has 0 atom stereocenters. The standard InChI is InChI=1S/C21H21FN4O3S/c1-16-7-8-17(22)15-19(16)30(28,29)25-13-11-24(12-14-25)20-9-10-21(27)26(23-20)18-5-3-2-4-6-18/h2-10,15H,11-14H2,1H3. The van der Waals surface area contributed by atoms with E-state index in [0.717, 1.165) is 6.07 Å². The first kappa shape index (κ1) is 20.2. The molecule has 30 heavy (non-hydrogen) atoms. The van der Waals surface area contributed by atoms with Crippen molar-refractivity contribution in [3.8, 4) is 5.69 Å². The van der Waals surface area contributed by atoms with Crippen LogP contribution in [0.4, 0.5) is 10.2 Å². The van der Waals surface area contributed by atoms with E-state index in [0.29, 0.717) is 30.2 Å². The van der Waals surface area contributed by atoms with Crippen molar-refractivity contribution in [2.24, 2.45) is 0 Å². The average molecular weight is 428 g/mol.